The van der Waals surface area contributed by atoms with Gasteiger partial charge in [-0.3, -0.25) is 0 Å². The third-order valence-electron chi connectivity index (χ3n) is 3.10. The number of likely N-dealkylation sites (N-methyl/N-ethyl adjacent to an activating group) is 1. The zero-order chi connectivity index (χ0) is 14.3. The van der Waals surface area contributed by atoms with Crippen LogP contribution in [0.15, 0.2) is 24.3 Å². The van der Waals surface area contributed by atoms with Gasteiger partial charge in [-0.25, -0.2) is 0 Å². The zero-order valence-electron chi connectivity index (χ0n) is 13.0. The molecule has 0 aromatic heterocycles. The average Bonchev–Trinajstić information content (AvgIpc) is 2.35. The van der Waals surface area contributed by atoms with E-state index in [0.717, 1.165) is 31.8 Å². The van der Waals surface area contributed by atoms with Gasteiger partial charge in [0.15, 0.2) is 0 Å². The Kier molecular flexibility index (Phi) is 6.32. The Hall–Kier alpha value is -1.06. The molecule has 1 rings (SSSR count). The molecule has 1 aromatic carbocycles. The fraction of sp³-hybridized carbons (Fsp3) is 0.625. The lowest BCUT2D eigenvalue weighted by Crippen LogP contribution is -2.40. The molecule has 1 aromatic rings. The van der Waals surface area contributed by atoms with Crippen LogP contribution in [-0.2, 0) is 6.42 Å². The summed E-state index contributed by atoms with van der Waals surface area (Å²) < 4.78 is 5.37. The van der Waals surface area contributed by atoms with E-state index in [9.17, 15) is 0 Å². The van der Waals surface area contributed by atoms with E-state index in [-0.39, 0.29) is 5.54 Å². The molecule has 3 nitrogen and oxygen atoms in total. The van der Waals surface area contributed by atoms with Crippen LogP contribution in [0, 0.1) is 0 Å². The maximum absolute atomic E-state index is 5.37. The molecule has 0 radical (unpaired) electrons. The Bertz CT molecular complexity index is 371. The first-order valence-electron chi connectivity index (χ1n) is 6.98. The zero-order valence-corrected chi connectivity index (χ0v) is 13.0. The summed E-state index contributed by atoms with van der Waals surface area (Å²) in [6, 6.07) is 8.24. The van der Waals surface area contributed by atoms with Crippen LogP contribution in [0.4, 0.5) is 0 Å². The second-order valence-corrected chi connectivity index (χ2v) is 6.04. The first-order chi connectivity index (χ1) is 8.92. The highest BCUT2D eigenvalue weighted by atomic mass is 16.5. The number of ether oxygens (including phenoxy) is 1. The van der Waals surface area contributed by atoms with Gasteiger partial charge in [0.25, 0.3) is 0 Å². The van der Waals surface area contributed by atoms with E-state index in [1.807, 2.05) is 12.1 Å². The number of rotatable bonds is 7. The summed E-state index contributed by atoms with van der Waals surface area (Å²) in [5, 5.41) is 3.51. The Morgan fingerprint density at radius 2 is 1.84 bits per heavy atom. The summed E-state index contributed by atoms with van der Waals surface area (Å²) in [4.78, 5) is 2.35. The van der Waals surface area contributed by atoms with Crippen LogP contribution in [0.25, 0.3) is 0 Å². The highest BCUT2D eigenvalue weighted by Gasteiger charge is 2.09. The van der Waals surface area contributed by atoms with E-state index in [1.165, 1.54) is 5.56 Å². The molecule has 0 atom stereocenters. The second-order valence-electron chi connectivity index (χ2n) is 6.04. The molecule has 0 unspecified atom stereocenters. The molecule has 0 heterocycles. The summed E-state index contributed by atoms with van der Waals surface area (Å²) >= 11 is 0. The van der Waals surface area contributed by atoms with Crippen molar-refractivity contribution in [1.29, 1.82) is 0 Å². The largest absolute Gasteiger partial charge is 0.496 e. The monoisotopic (exact) mass is 264 g/mol. The van der Waals surface area contributed by atoms with E-state index < -0.39 is 0 Å². The molecule has 0 amide bonds. The van der Waals surface area contributed by atoms with Crippen molar-refractivity contribution >= 4 is 0 Å². The average molecular weight is 264 g/mol. The Morgan fingerprint density at radius 3 is 2.47 bits per heavy atom. The van der Waals surface area contributed by atoms with E-state index in [2.05, 4.69) is 50.2 Å². The second kappa shape index (κ2) is 7.51. The van der Waals surface area contributed by atoms with Crippen LogP contribution in [0.2, 0.25) is 0 Å². The fourth-order valence-corrected chi connectivity index (χ4v) is 1.95. The molecule has 1 N–H and O–H groups in total. The Balaban J connectivity index is 2.32. The van der Waals surface area contributed by atoms with Crippen LogP contribution >= 0.6 is 0 Å². The molecule has 0 aliphatic carbocycles. The van der Waals surface area contributed by atoms with Gasteiger partial charge in [0, 0.05) is 25.2 Å². The number of methoxy groups -OCH3 is 1. The summed E-state index contributed by atoms with van der Waals surface area (Å²) in [6.45, 7) is 9.72. The normalized spacial score (nSPS) is 11.9. The van der Waals surface area contributed by atoms with Crippen LogP contribution in [0.5, 0.6) is 5.75 Å². The first kappa shape index (κ1) is 16.0. The van der Waals surface area contributed by atoms with Crippen molar-refractivity contribution in [2.24, 2.45) is 0 Å². The third-order valence-corrected chi connectivity index (χ3v) is 3.10. The maximum Gasteiger partial charge on any atom is 0.122 e. The predicted octanol–water partition coefficient (Wildman–Crippen LogP) is 2.56. The molecule has 0 fully saturated rings. The van der Waals surface area contributed by atoms with Crippen LogP contribution in [0.3, 0.4) is 0 Å². The minimum absolute atomic E-state index is 0.198. The molecule has 0 bridgehead atoms. The maximum atomic E-state index is 5.37. The van der Waals surface area contributed by atoms with Crippen molar-refractivity contribution in [3.8, 4) is 5.75 Å². The SMILES string of the molecule is COc1ccccc1CCN(C)CCNC(C)(C)C. The van der Waals surface area contributed by atoms with Gasteiger partial charge < -0.3 is 15.0 Å². The van der Waals surface area contributed by atoms with Crippen molar-refractivity contribution in [2.45, 2.75) is 32.7 Å². The molecule has 19 heavy (non-hydrogen) atoms. The molecule has 0 saturated carbocycles. The van der Waals surface area contributed by atoms with E-state index >= 15 is 0 Å². The highest BCUT2D eigenvalue weighted by molar-refractivity contribution is 5.33. The van der Waals surface area contributed by atoms with Gasteiger partial charge in [-0.1, -0.05) is 18.2 Å². The summed E-state index contributed by atoms with van der Waals surface area (Å²) in [6.07, 6.45) is 1.02. The van der Waals surface area contributed by atoms with E-state index in [4.69, 9.17) is 4.74 Å². The smallest absolute Gasteiger partial charge is 0.122 e. The Morgan fingerprint density at radius 1 is 1.16 bits per heavy atom. The molecule has 3 heteroatoms. The van der Waals surface area contributed by atoms with Gasteiger partial charge >= 0.3 is 0 Å². The molecule has 0 aliphatic heterocycles. The summed E-state index contributed by atoms with van der Waals surface area (Å²) in [7, 11) is 3.90. The van der Waals surface area contributed by atoms with Gasteiger partial charge in [-0.2, -0.15) is 0 Å². The van der Waals surface area contributed by atoms with Crippen molar-refractivity contribution in [3.63, 3.8) is 0 Å². The molecule has 0 spiro atoms. The number of para-hydroxylation sites is 1. The summed E-state index contributed by atoms with van der Waals surface area (Å²) in [5.41, 5.74) is 1.48. The van der Waals surface area contributed by atoms with E-state index in [0.29, 0.717) is 0 Å². The van der Waals surface area contributed by atoms with Crippen molar-refractivity contribution < 1.29 is 4.74 Å². The first-order valence-corrected chi connectivity index (χ1v) is 6.98. The topological polar surface area (TPSA) is 24.5 Å². The highest BCUT2D eigenvalue weighted by Crippen LogP contribution is 2.17. The van der Waals surface area contributed by atoms with Crippen LogP contribution in [0.1, 0.15) is 26.3 Å². The molecule has 108 valence electrons. The van der Waals surface area contributed by atoms with E-state index in [1.54, 1.807) is 7.11 Å². The lowest BCUT2D eigenvalue weighted by Gasteiger charge is -2.23. The third kappa shape index (κ3) is 6.60. The van der Waals surface area contributed by atoms with Gasteiger partial charge in [-0.15, -0.1) is 0 Å². The number of nitrogens with zero attached hydrogens (tertiary/aromatic N) is 1. The van der Waals surface area contributed by atoms with Gasteiger partial charge in [0.2, 0.25) is 0 Å². The number of nitrogens with one attached hydrogen (secondary N) is 1. The van der Waals surface area contributed by atoms with Crippen molar-refractivity contribution in [3.05, 3.63) is 29.8 Å². The quantitative estimate of drug-likeness (QED) is 0.819. The molecule has 0 saturated heterocycles. The molecular weight excluding hydrogens is 236 g/mol. The van der Waals surface area contributed by atoms with Crippen molar-refractivity contribution in [1.82, 2.24) is 10.2 Å². The van der Waals surface area contributed by atoms with Gasteiger partial charge in [0.05, 0.1) is 7.11 Å². The lowest BCUT2D eigenvalue weighted by atomic mass is 10.1. The number of benzene rings is 1. The molecule has 0 aliphatic rings. The predicted molar refractivity (Wildman–Crippen MR) is 82.0 cm³/mol. The van der Waals surface area contributed by atoms with Gasteiger partial charge in [0.1, 0.15) is 5.75 Å². The van der Waals surface area contributed by atoms with Crippen molar-refractivity contribution in [2.75, 3.05) is 33.8 Å². The Labute approximate surface area is 118 Å². The summed E-state index contributed by atoms with van der Waals surface area (Å²) in [5.74, 6) is 0.990. The number of hydrogen-bond acceptors (Lipinski definition) is 3. The standard InChI is InChI=1S/C16H28N2O/c1-16(2,3)17-11-13-18(4)12-10-14-8-6-7-9-15(14)19-5/h6-9,17H,10-13H2,1-5H3. The minimum atomic E-state index is 0.198. The van der Waals surface area contributed by atoms with Crippen LogP contribution in [-0.4, -0.2) is 44.2 Å². The van der Waals surface area contributed by atoms with Gasteiger partial charge in [-0.05, 0) is 45.9 Å². The molecular formula is C16H28N2O. The fourth-order valence-electron chi connectivity index (χ4n) is 1.95. The number of hydrogen-bond donors (Lipinski definition) is 1. The van der Waals surface area contributed by atoms with Crippen LogP contribution < -0.4 is 10.1 Å². The minimum Gasteiger partial charge on any atom is -0.496 e. The lowest BCUT2D eigenvalue weighted by molar-refractivity contribution is 0.310.